The van der Waals surface area contributed by atoms with Gasteiger partial charge in [-0.2, -0.15) is 0 Å². The number of rotatable bonds is 4. The number of anilines is 1. The van der Waals surface area contributed by atoms with Gasteiger partial charge in [0.15, 0.2) is 0 Å². The summed E-state index contributed by atoms with van der Waals surface area (Å²) in [5, 5.41) is 6.01. The van der Waals surface area contributed by atoms with Crippen LogP contribution in [-0.2, 0) is 4.79 Å². The first-order valence-electron chi connectivity index (χ1n) is 5.60. The van der Waals surface area contributed by atoms with Gasteiger partial charge >= 0.3 is 0 Å². The van der Waals surface area contributed by atoms with Gasteiger partial charge in [0.05, 0.1) is 10.7 Å². The molecule has 0 aromatic heterocycles. The first-order valence-corrected chi connectivity index (χ1v) is 7.11. The van der Waals surface area contributed by atoms with Crippen LogP contribution >= 0.6 is 46.4 Å². The summed E-state index contributed by atoms with van der Waals surface area (Å²) in [4.78, 5) is 11.7. The standard InChI is InChI=1S/C12H14Cl4N2O/c1-7(2)10(19)18-11(12(14,15)16)17-9-6-4-3-5-8(9)13/h3-7,11,17H,1-2H3,(H,18,19). The summed E-state index contributed by atoms with van der Waals surface area (Å²) in [6.07, 6.45) is -0.882. The Bertz CT molecular complexity index is 446. The Morgan fingerprint density at radius 3 is 2.26 bits per heavy atom. The van der Waals surface area contributed by atoms with Crippen LogP contribution in [0.3, 0.4) is 0 Å². The summed E-state index contributed by atoms with van der Waals surface area (Å²) in [5.74, 6) is -0.446. The smallest absolute Gasteiger partial charge is 0.228 e. The molecule has 0 spiro atoms. The molecule has 1 aromatic rings. The van der Waals surface area contributed by atoms with Crippen molar-refractivity contribution in [3.63, 3.8) is 0 Å². The van der Waals surface area contributed by atoms with Gasteiger partial charge in [0.2, 0.25) is 9.70 Å². The zero-order chi connectivity index (χ0) is 14.6. The van der Waals surface area contributed by atoms with Crippen LogP contribution in [0, 0.1) is 5.92 Å². The normalized spacial score (nSPS) is 13.2. The predicted octanol–water partition coefficient (Wildman–Crippen LogP) is 4.22. The molecule has 19 heavy (non-hydrogen) atoms. The van der Waals surface area contributed by atoms with E-state index < -0.39 is 9.96 Å². The van der Waals surface area contributed by atoms with Crippen molar-refractivity contribution in [2.75, 3.05) is 5.32 Å². The number of alkyl halides is 3. The highest BCUT2D eigenvalue weighted by Crippen LogP contribution is 2.32. The Kier molecular flexibility index (Phi) is 6.06. The highest BCUT2D eigenvalue weighted by molar-refractivity contribution is 6.68. The molecule has 106 valence electrons. The molecule has 0 bridgehead atoms. The molecule has 1 rings (SSSR count). The van der Waals surface area contributed by atoms with Crippen molar-refractivity contribution >= 4 is 58.0 Å². The maximum absolute atomic E-state index is 11.7. The Hall–Kier alpha value is -0.350. The molecule has 0 radical (unpaired) electrons. The second-order valence-corrected chi connectivity index (χ2v) is 7.04. The van der Waals surface area contributed by atoms with Crippen molar-refractivity contribution in [3.8, 4) is 0 Å². The average molecular weight is 344 g/mol. The maximum Gasteiger partial charge on any atom is 0.228 e. The minimum atomic E-state index is -1.70. The summed E-state index contributed by atoms with van der Waals surface area (Å²) >= 11 is 23.6. The first kappa shape index (κ1) is 16.7. The molecule has 3 nitrogen and oxygen atoms in total. The Morgan fingerprint density at radius 2 is 1.79 bits per heavy atom. The van der Waals surface area contributed by atoms with Crippen LogP contribution in [0.2, 0.25) is 5.02 Å². The van der Waals surface area contributed by atoms with E-state index in [2.05, 4.69) is 10.6 Å². The molecule has 1 aromatic carbocycles. The molecule has 0 aliphatic heterocycles. The fourth-order valence-corrected chi connectivity index (χ4v) is 1.76. The molecule has 0 fully saturated rings. The van der Waals surface area contributed by atoms with Gasteiger partial charge in [-0.05, 0) is 12.1 Å². The minimum Gasteiger partial charge on any atom is -0.361 e. The van der Waals surface area contributed by atoms with Gasteiger partial charge in [0.25, 0.3) is 0 Å². The molecule has 0 heterocycles. The van der Waals surface area contributed by atoms with E-state index in [0.717, 1.165) is 0 Å². The molecule has 2 N–H and O–H groups in total. The molecule has 1 amide bonds. The number of amides is 1. The van der Waals surface area contributed by atoms with Gasteiger partial charge in [-0.3, -0.25) is 4.79 Å². The van der Waals surface area contributed by atoms with Crippen LogP contribution in [-0.4, -0.2) is 15.9 Å². The van der Waals surface area contributed by atoms with Crippen molar-refractivity contribution in [1.29, 1.82) is 0 Å². The summed E-state index contributed by atoms with van der Waals surface area (Å²) in [6, 6.07) is 7.00. The second-order valence-electron chi connectivity index (χ2n) is 4.26. The number of hydrogen-bond acceptors (Lipinski definition) is 2. The predicted molar refractivity (Wildman–Crippen MR) is 82.1 cm³/mol. The Labute approximate surface area is 132 Å². The highest BCUT2D eigenvalue weighted by Gasteiger charge is 2.34. The number of halogens is 4. The summed E-state index contributed by atoms with van der Waals surface area (Å²) in [6.45, 7) is 3.50. The molecule has 0 saturated heterocycles. The Balaban J connectivity index is 2.88. The van der Waals surface area contributed by atoms with Crippen molar-refractivity contribution in [1.82, 2.24) is 5.32 Å². The fourth-order valence-electron chi connectivity index (χ4n) is 1.24. The van der Waals surface area contributed by atoms with Gasteiger partial charge in [0.1, 0.15) is 6.17 Å². The molecule has 0 saturated carbocycles. The van der Waals surface area contributed by atoms with Crippen molar-refractivity contribution < 1.29 is 4.79 Å². The fraction of sp³-hybridized carbons (Fsp3) is 0.417. The van der Waals surface area contributed by atoms with Crippen molar-refractivity contribution in [2.24, 2.45) is 5.92 Å². The van der Waals surface area contributed by atoms with Crippen LogP contribution < -0.4 is 10.6 Å². The zero-order valence-electron chi connectivity index (χ0n) is 10.4. The largest absolute Gasteiger partial charge is 0.361 e. The van der Waals surface area contributed by atoms with Crippen molar-refractivity contribution in [2.45, 2.75) is 23.8 Å². The minimum absolute atomic E-state index is 0.220. The molecule has 7 heteroatoms. The van der Waals surface area contributed by atoms with Gasteiger partial charge in [-0.25, -0.2) is 0 Å². The third kappa shape index (κ3) is 5.27. The molecular weight excluding hydrogens is 330 g/mol. The summed E-state index contributed by atoms with van der Waals surface area (Å²) in [7, 11) is 0. The molecule has 0 aliphatic rings. The van der Waals surface area contributed by atoms with Crippen LogP contribution in [0.1, 0.15) is 13.8 Å². The average Bonchev–Trinajstić information content (AvgIpc) is 2.29. The quantitative estimate of drug-likeness (QED) is 0.634. The summed E-state index contributed by atoms with van der Waals surface area (Å²) in [5.41, 5.74) is 0.574. The number of benzene rings is 1. The lowest BCUT2D eigenvalue weighted by Gasteiger charge is -2.28. The van der Waals surface area contributed by atoms with E-state index >= 15 is 0 Å². The number of carbonyl (C=O) groups excluding carboxylic acids is 1. The lowest BCUT2D eigenvalue weighted by atomic mass is 10.2. The first-order chi connectivity index (χ1) is 8.71. The van der Waals surface area contributed by atoms with E-state index in [0.29, 0.717) is 10.7 Å². The van der Waals surface area contributed by atoms with Gasteiger partial charge in [-0.15, -0.1) is 0 Å². The van der Waals surface area contributed by atoms with E-state index in [1.165, 1.54) is 0 Å². The summed E-state index contributed by atoms with van der Waals surface area (Å²) < 4.78 is -1.70. The molecule has 1 unspecified atom stereocenters. The molecular formula is C12H14Cl4N2O. The van der Waals surface area contributed by atoms with E-state index in [4.69, 9.17) is 46.4 Å². The van der Waals surface area contributed by atoms with E-state index in [1.807, 2.05) is 0 Å². The second kappa shape index (κ2) is 6.89. The number of hydrogen-bond donors (Lipinski definition) is 2. The third-order valence-electron chi connectivity index (χ3n) is 2.31. The van der Waals surface area contributed by atoms with Crippen LogP contribution in [0.4, 0.5) is 5.69 Å². The van der Waals surface area contributed by atoms with Crippen LogP contribution in [0.15, 0.2) is 24.3 Å². The van der Waals surface area contributed by atoms with Gasteiger partial charge in [-0.1, -0.05) is 72.4 Å². The third-order valence-corrected chi connectivity index (χ3v) is 3.30. The lowest BCUT2D eigenvalue weighted by molar-refractivity contribution is -0.124. The highest BCUT2D eigenvalue weighted by atomic mass is 35.6. The van der Waals surface area contributed by atoms with E-state index in [1.54, 1.807) is 38.1 Å². The van der Waals surface area contributed by atoms with Crippen LogP contribution in [0.25, 0.3) is 0 Å². The lowest BCUT2D eigenvalue weighted by Crippen LogP contribution is -2.50. The monoisotopic (exact) mass is 342 g/mol. The van der Waals surface area contributed by atoms with Crippen molar-refractivity contribution in [3.05, 3.63) is 29.3 Å². The Morgan fingerprint density at radius 1 is 1.21 bits per heavy atom. The SMILES string of the molecule is CC(C)C(=O)NC(Nc1ccccc1Cl)C(Cl)(Cl)Cl. The number of nitrogens with one attached hydrogen (secondary N) is 2. The maximum atomic E-state index is 11.7. The number of carbonyl (C=O) groups is 1. The molecule has 1 atom stereocenters. The van der Waals surface area contributed by atoms with Gasteiger partial charge in [0, 0.05) is 5.92 Å². The van der Waals surface area contributed by atoms with Crippen LogP contribution in [0.5, 0.6) is 0 Å². The molecule has 0 aliphatic carbocycles. The van der Waals surface area contributed by atoms with E-state index in [9.17, 15) is 4.79 Å². The van der Waals surface area contributed by atoms with Gasteiger partial charge < -0.3 is 10.6 Å². The zero-order valence-corrected chi connectivity index (χ0v) is 13.4. The van der Waals surface area contributed by atoms with E-state index in [-0.39, 0.29) is 11.8 Å². The topological polar surface area (TPSA) is 41.1 Å². The number of para-hydroxylation sites is 1.